The molecule has 0 aliphatic carbocycles. The topological polar surface area (TPSA) is 43.8 Å². The third-order valence-corrected chi connectivity index (χ3v) is 2.32. The molecule has 0 aliphatic heterocycles. The van der Waals surface area contributed by atoms with E-state index in [-0.39, 0.29) is 0 Å². The van der Waals surface area contributed by atoms with Gasteiger partial charge in [-0.05, 0) is 13.8 Å². The van der Waals surface area contributed by atoms with Gasteiger partial charge in [0.25, 0.3) is 0 Å². The van der Waals surface area contributed by atoms with E-state index in [1.807, 2.05) is 41.1 Å². The maximum Gasteiger partial charge on any atom is 0.122 e. The van der Waals surface area contributed by atoms with Crippen LogP contribution in [0.4, 0.5) is 5.82 Å². The molecule has 1 heterocycles. The van der Waals surface area contributed by atoms with Crippen molar-refractivity contribution < 1.29 is 0 Å². The molecule has 1 aromatic heterocycles. The number of nitrogens with zero attached hydrogens (tertiary/aromatic N) is 2. The van der Waals surface area contributed by atoms with Crippen LogP contribution in [0.2, 0.25) is 0 Å². The number of benzene rings is 1. The van der Waals surface area contributed by atoms with Crippen molar-refractivity contribution >= 4 is 5.82 Å². The van der Waals surface area contributed by atoms with Crippen molar-refractivity contribution in [2.24, 2.45) is 0 Å². The van der Waals surface area contributed by atoms with Gasteiger partial charge < -0.3 is 5.73 Å². The highest BCUT2D eigenvalue weighted by Gasteiger charge is 2.08. The van der Waals surface area contributed by atoms with Crippen LogP contribution in [-0.4, -0.2) is 9.78 Å². The zero-order valence-corrected chi connectivity index (χ0v) is 9.01. The zero-order valence-electron chi connectivity index (χ0n) is 9.01. The van der Waals surface area contributed by atoms with Gasteiger partial charge in [0.05, 0.1) is 5.69 Å². The lowest BCUT2D eigenvalue weighted by Crippen LogP contribution is -2.06. The van der Waals surface area contributed by atoms with Gasteiger partial charge in [-0.15, -0.1) is 0 Å². The van der Waals surface area contributed by atoms with Crippen molar-refractivity contribution in [1.29, 1.82) is 0 Å². The Bertz CT molecular complexity index is 443. The Labute approximate surface area is 89.5 Å². The summed E-state index contributed by atoms with van der Waals surface area (Å²) in [6.45, 7) is 4.14. The van der Waals surface area contributed by atoms with E-state index in [2.05, 4.69) is 18.9 Å². The normalized spacial score (nSPS) is 10.9. The Morgan fingerprint density at radius 2 is 1.87 bits per heavy atom. The summed E-state index contributed by atoms with van der Waals surface area (Å²) in [4.78, 5) is 0. The average molecular weight is 201 g/mol. The number of nitrogens with two attached hydrogens (primary N) is 1. The van der Waals surface area contributed by atoms with Crippen molar-refractivity contribution in [3.8, 4) is 11.3 Å². The van der Waals surface area contributed by atoms with Crippen LogP contribution in [0, 0.1) is 0 Å². The van der Waals surface area contributed by atoms with Gasteiger partial charge in [-0.25, -0.2) is 4.68 Å². The Kier molecular flexibility index (Phi) is 2.46. The fraction of sp³-hybridized carbons (Fsp3) is 0.250. The molecule has 78 valence electrons. The van der Waals surface area contributed by atoms with Crippen LogP contribution in [0.15, 0.2) is 36.4 Å². The minimum Gasteiger partial charge on any atom is -0.384 e. The average Bonchev–Trinajstić information content (AvgIpc) is 2.62. The highest BCUT2D eigenvalue weighted by atomic mass is 15.3. The molecule has 0 fully saturated rings. The van der Waals surface area contributed by atoms with Gasteiger partial charge in [-0.3, -0.25) is 0 Å². The monoisotopic (exact) mass is 201 g/mol. The first-order chi connectivity index (χ1) is 7.18. The summed E-state index contributed by atoms with van der Waals surface area (Å²) >= 11 is 0. The summed E-state index contributed by atoms with van der Waals surface area (Å²) in [7, 11) is 0. The molecule has 3 heteroatoms. The Morgan fingerprint density at radius 3 is 2.40 bits per heavy atom. The summed E-state index contributed by atoms with van der Waals surface area (Å²) < 4.78 is 1.84. The summed E-state index contributed by atoms with van der Waals surface area (Å²) in [6.07, 6.45) is 0. The van der Waals surface area contributed by atoms with Crippen LogP contribution in [0.5, 0.6) is 0 Å². The van der Waals surface area contributed by atoms with E-state index in [9.17, 15) is 0 Å². The molecule has 3 nitrogen and oxygen atoms in total. The van der Waals surface area contributed by atoms with Crippen molar-refractivity contribution in [3.63, 3.8) is 0 Å². The lowest BCUT2D eigenvalue weighted by Gasteiger charge is -2.06. The first-order valence-corrected chi connectivity index (χ1v) is 5.09. The van der Waals surface area contributed by atoms with E-state index in [0.717, 1.165) is 11.3 Å². The molecule has 0 saturated carbocycles. The van der Waals surface area contributed by atoms with E-state index < -0.39 is 0 Å². The second-order valence-corrected chi connectivity index (χ2v) is 3.86. The quantitative estimate of drug-likeness (QED) is 0.811. The molecule has 0 amide bonds. The number of hydrogen-bond donors (Lipinski definition) is 1. The molecule has 0 spiro atoms. The zero-order chi connectivity index (χ0) is 10.8. The SMILES string of the molecule is CC(C)n1nc(-c2ccccc2)cc1N. The predicted octanol–water partition coefficient (Wildman–Crippen LogP) is 2.71. The van der Waals surface area contributed by atoms with Gasteiger partial charge in [-0.2, -0.15) is 5.10 Å². The molecule has 0 radical (unpaired) electrons. The number of aromatic nitrogens is 2. The van der Waals surface area contributed by atoms with Gasteiger partial charge >= 0.3 is 0 Å². The molecule has 0 bridgehead atoms. The van der Waals surface area contributed by atoms with Crippen molar-refractivity contribution in [1.82, 2.24) is 9.78 Å². The van der Waals surface area contributed by atoms with Crippen molar-refractivity contribution in [2.75, 3.05) is 5.73 Å². The fourth-order valence-electron chi connectivity index (χ4n) is 1.57. The van der Waals surface area contributed by atoms with Crippen LogP contribution < -0.4 is 5.73 Å². The number of nitrogen functional groups attached to an aromatic ring is 1. The third kappa shape index (κ3) is 1.86. The maximum absolute atomic E-state index is 5.88. The summed E-state index contributed by atoms with van der Waals surface area (Å²) in [6, 6.07) is 12.3. The van der Waals surface area contributed by atoms with Gasteiger partial charge in [-0.1, -0.05) is 30.3 Å². The first-order valence-electron chi connectivity index (χ1n) is 5.09. The standard InChI is InChI=1S/C12H15N3/c1-9(2)15-12(13)8-11(14-15)10-6-4-3-5-7-10/h3-9H,13H2,1-2H3. The fourth-order valence-corrected chi connectivity index (χ4v) is 1.57. The van der Waals surface area contributed by atoms with Gasteiger partial charge in [0, 0.05) is 17.7 Å². The minimum atomic E-state index is 0.294. The number of hydrogen-bond acceptors (Lipinski definition) is 2. The van der Waals surface area contributed by atoms with Gasteiger partial charge in [0.1, 0.15) is 5.82 Å². The van der Waals surface area contributed by atoms with Crippen molar-refractivity contribution in [2.45, 2.75) is 19.9 Å². The van der Waals surface area contributed by atoms with Gasteiger partial charge in [0.2, 0.25) is 0 Å². The first kappa shape index (κ1) is 9.77. The molecule has 2 N–H and O–H groups in total. The second-order valence-electron chi connectivity index (χ2n) is 3.86. The van der Waals surface area contributed by atoms with Crippen molar-refractivity contribution in [3.05, 3.63) is 36.4 Å². The van der Waals surface area contributed by atoms with Crippen LogP contribution in [0.25, 0.3) is 11.3 Å². The molecule has 0 saturated heterocycles. The molecular formula is C12H15N3. The van der Waals surface area contributed by atoms with E-state index in [1.165, 1.54) is 0 Å². The Morgan fingerprint density at radius 1 is 1.20 bits per heavy atom. The molecule has 0 atom stereocenters. The molecule has 0 unspecified atom stereocenters. The lowest BCUT2D eigenvalue weighted by atomic mass is 10.2. The number of rotatable bonds is 2. The Hall–Kier alpha value is -1.77. The molecular weight excluding hydrogens is 186 g/mol. The maximum atomic E-state index is 5.88. The largest absolute Gasteiger partial charge is 0.384 e. The lowest BCUT2D eigenvalue weighted by molar-refractivity contribution is 0.542. The van der Waals surface area contributed by atoms with Crippen LogP contribution >= 0.6 is 0 Å². The van der Waals surface area contributed by atoms with Gasteiger partial charge in [0.15, 0.2) is 0 Å². The molecule has 15 heavy (non-hydrogen) atoms. The van der Waals surface area contributed by atoms with E-state index in [4.69, 9.17) is 5.73 Å². The minimum absolute atomic E-state index is 0.294. The second kappa shape index (κ2) is 3.77. The van der Waals surface area contributed by atoms with Crippen LogP contribution in [0.1, 0.15) is 19.9 Å². The number of anilines is 1. The highest BCUT2D eigenvalue weighted by Crippen LogP contribution is 2.21. The summed E-state index contributed by atoms with van der Waals surface area (Å²) in [5, 5.41) is 4.47. The molecule has 1 aromatic carbocycles. The Balaban J connectivity index is 2.43. The van der Waals surface area contributed by atoms with Crippen LogP contribution in [0.3, 0.4) is 0 Å². The van der Waals surface area contributed by atoms with Crippen LogP contribution in [-0.2, 0) is 0 Å². The highest BCUT2D eigenvalue weighted by molar-refractivity contribution is 5.62. The van der Waals surface area contributed by atoms with E-state index >= 15 is 0 Å². The molecule has 2 aromatic rings. The molecule has 2 rings (SSSR count). The summed E-state index contributed by atoms with van der Waals surface area (Å²) in [5.41, 5.74) is 7.91. The predicted molar refractivity (Wildman–Crippen MR) is 62.5 cm³/mol. The van der Waals surface area contributed by atoms with E-state index in [0.29, 0.717) is 11.9 Å². The molecule has 0 aliphatic rings. The summed E-state index contributed by atoms with van der Waals surface area (Å²) in [5.74, 6) is 0.712. The third-order valence-electron chi connectivity index (χ3n) is 2.32. The smallest absolute Gasteiger partial charge is 0.122 e. The van der Waals surface area contributed by atoms with E-state index in [1.54, 1.807) is 0 Å².